The van der Waals surface area contributed by atoms with E-state index in [1.165, 1.54) is 27.8 Å². The van der Waals surface area contributed by atoms with Crippen LogP contribution in [0.25, 0.3) is 11.1 Å². The van der Waals surface area contributed by atoms with Crippen LogP contribution in [0.3, 0.4) is 0 Å². The van der Waals surface area contributed by atoms with E-state index in [1.807, 2.05) is 12.1 Å². The highest BCUT2D eigenvalue weighted by Gasteiger charge is 2.05. The van der Waals surface area contributed by atoms with E-state index in [9.17, 15) is 0 Å². The van der Waals surface area contributed by atoms with Crippen LogP contribution in [-0.2, 0) is 0 Å². The third-order valence-electron chi connectivity index (χ3n) is 3.05. The van der Waals surface area contributed by atoms with E-state index in [-0.39, 0.29) is 0 Å². The summed E-state index contributed by atoms with van der Waals surface area (Å²) in [7, 11) is 0. The van der Waals surface area contributed by atoms with Gasteiger partial charge >= 0.3 is 0 Å². The van der Waals surface area contributed by atoms with Gasteiger partial charge in [0, 0.05) is 5.69 Å². The Kier molecular flexibility index (Phi) is 2.69. The van der Waals surface area contributed by atoms with Crippen LogP contribution in [0.2, 0.25) is 0 Å². The van der Waals surface area contributed by atoms with Crippen LogP contribution in [0, 0.1) is 20.8 Å². The summed E-state index contributed by atoms with van der Waals surface area (Å²) < 4.78 is 0. The van der Waals surface area contributed by atoms with Crippen LogP contribution in [0.5, 0.6) is 0 Å². The maximum Gasteiger partial charge on any atom is 0.0323 e. The fourth-order valence-electron chi connectivity index (χ4n) is 1.92. The summed E-state index contributed by atoms with van der Waals surface area (Å²) in [5.41, 5.74) is 13.0. The first-order chi connectivity index (χ1) is 7.58. The van der Waals surface area contributed by atoms with E-state index in [4.69, 9.17) is 5.73 Å². The number of hydrogen-bond donors (Lipinski definition) is 1. The standard InChI is InChI=1S/C15H17N/c1-10-4-6-13(7-5-10)15-9-14(16)8-11(2)12(15)3/h4-9H,16H2,1-3H3. The lowest BCUT2D eigenvalue weighted by atomic mass is 9.96. The van der Waals surface area contributed by atoms with Gasteiger partial charge in [-0.25, -0.2) is 0 Å². The van der Waals surface area contributed by atoms with E-state index in [1.54, 1.807) is 0 Å². The van der Waals surface area contributed by atoms with Gasteiger partial charge in [-0.3, -0.25) is 0 Å². The summed E-state index contributed by atoms with van der Waals surface area (Å²) >= 11 is 0. The molecule has 82 valence electrons. The van der Waals surface area contributed by atoms with Gasteiger partial charge in [-0.2, -0.15) is 0 Å². The van der Waals surface area contributed by atoms with Gasteiger partial charge in [0.1, 0.15) is 0 Å². The lowest BCUT2D eigenvalue weighted by Crippen LogP contribution is -1.92. The molecule has 0 saturated carbocycles. The molecule has 0 spiro atoms. The lowest BCUT2D eigenvalue weighted by molar-refractivity contribution is 1.34. The van der Waals surface area contributed by atoms with Gasteiger partial charge in [0.2, 0.25) is 0 Å². The van der Waals surface area contributed by atoms with Crippen LogP contribution in [-0.4, -0.2) is 0 Å². The van der Waals surface area contributed by atoms with Crippen LogP contribution < -0.4 is 5.73 Å². The molecule has 2 N–H and O–H groups in total. The first-order valence-corrected chi connectivity index (χ1v) is 5.51. The first-order valence-electron chi connectivity index (χ1n) is 5.51. The summed E-state index contributed by atoms with van der Waals surface area (Å²) in [5, 5.41) is 0. The molecule has 2 aromatic carbocycles. The molecule has 0 atom stereocenters. The predicted molar refractivity (Wildman–Crippen MR) is 70.5 cm³/mol. The number of benzene rings is 2. The monoisotopic (exact) mass is 211 g/mol. The normalized spacial score (nSPS) is 10.4. The zero-order valence-corrected chi connectivity index (χ0v) is 10.0. The molecule has 16 heavy (non-hydrogen) atoms. The summed E-state index contributed by atoms with van der Waals surface area (Å²) in [4.78, 5) is 0. The van der Waals surface area contributed by atoms with Gasteiger partial charge in [0.15, 0.2) is 0 Å². The van der Waals surface area contributed by atoms with Gasteiger partial charge in [-0.15, -0.1) is 0 Å². The molecule has 0 aliphatic rings. The number of anilines is 1. The number of nitrogens with two attached hydrogens (primary N) is 1. The minimum Gasteiger partial charge on any atom is -0.399 e. The Morgan fingerprint density at radius 2 is 1.50 bits per heavy atom. The highest BCUT2D eigenvalue weighted by atomic mass is 14.5. The second kappa shape index (κ2) is 4.01. The van der Waals surface area contributed by atoms with E-state index >= 15 is 0 Å². The Morgan fingerprint density at radius 3 is 2.12 bits per heavy atom. The second-order valence-corrected chi connectivity index (χ2v) is 4.38. The molecule has 0 aromatic heterocycles. The SMILES string of the molecule is Cc1ccc(-c2cc(N)cc(C)c2C)cc1. The third-order valence-corrected chi connectivity index (χ3v) is 3.05. The molecule has 1 nitrogen and oxygen atoms in total. The maximum absolute atomic E-state index is 5.90. The fourth-order valence-corrected chi connectivity index (χ4v) is 1.92. The van der Waals surface area contributed by atoms with Crippen molar-refractivity contribution in [2.45, 2.75) is 20.8 Å². The molecule has 0 saturated heterocycles. The maximum atomic E-state index is 5.90. The molecule has 0 aliphatic heterocycles. The number of nitrogen functional groups attached to an aromatic ring is 1. The Morgan fingerprint density at radius 1 is 0.875 bits per heavy atom. The van der Waals surface area contributed by atoms with Crippen LogP contribution in [0.4, 0.5) is 5.69 Å². The van der Waals surface area contributed by atoms with Crippen molar-refractivity contribution in [2.75, 3.05) is 5.73 Å². The zero-order chi connectivity index (χ0) is 11.7. The summed E-state index contributed by atoms with van der Waals surface area (Å²) in [6.07, 6.45) is 0. The second-order valence-electron chi connectivity index (χ2n) is 4.38. The fraction of sp³-hybridized carbons (Fsp3) is 0.200. The molecule has 2 rings (SSSR count). The highest BCUT2D eigenvalue weighted by Crippen LogP contribution is 2.28. The van der Waals surface area contributed by atoms with Crippen molar-refractivity contribution in [1.82, 2.24) is 0 Å². The molecule has 0 fully saturated rings. The Balaban J connectivity index is 2.59. The minimum atomic E-state index is 0.832. The molecular weight excluding hydrogens is 194 g/mol. The molecule has 0 amide bonds. The van der Waals surface area contributed by atoms with E-state index in [0.717, 1.165) is 5.69 Å². The van der Waals surface area contributed by atoms with Gasteiger partial charge in [-0.05, 0) is 55.2 Å². The highest BCUT2D eigenvalue weighted by molar-refractivity contribution is 5.72. The molecule has 0 heterocycles. The summed E-state index contributed by atoms with van der Waals surface area (Å²) in [6.45, 7) is 6.34. The van der Waals surface area contributed by atoms with Crippen molar-refractivity contribution < 1.29 is 0 Å². The largest absolute Gasteiger partial charge is 0.399 e. The molecule has 1 heteroatoms. The molecule has 0 unspecified atom stereocenters. The molecule has 0 aliphatic carbocycles. The van der Waals surface area contributed by atoms with Crippen molar-refractivity contribution >= 4 is 5.69 Å². The van der Waals surface area contributed by atoms with Crippen molar-refractivity contribution in [2.24, 2.45) is 0 Å². The molecule has 0 radical (unpaired) electrons. The van der Waals surface area contributed by atoms with E-state index < -0.39 is 0 Å². The number of rotatable bonds is 1. The molecule has 2 aromatic rings. The van der Waals surface area contributed by atoms with E-state index in [0.29, 0.717) is 0 Å². The van der Waals surface area contributed by atoms with Gasteiger partial charge in [-0.1, -0.05) is 29.8 Å². The Labute approximate surface area is 96.9 Å². The van der Waals surface area contributed by atoms with Crippen molar-refractivity contribution in [3.8, 4) is 11.1 Å². The first kappa shape index (κ1) is 10.7. The van der Waals surface area contributed by atoms with Gasteiger partial charge in [0.25, 0.3) is 0 Å². The minimum absolute atomic E-state index is 0.832. The molecule has 0 bridgehead atoms. The van der Waals surface area contributed by atoms with Crippen molar-refractivity contribution in [1.29, 1.82) is 0 Å². The van der Waals surface area contributed by atoms with Crippen LogP contribution in [0.15, 0.2) is 36.4 Å². The molecular formula is C15H17N. The van der Waals surface area contributed by atoms with E-state index in [2.05, 4.69) is 45.0 Å². The number of aryl methyl sites for hydroxylation is 2. The Bertz CT molecular complexity index is 510. The average Bonchev–Trinajstić information content (AvgIpc) is 2.25. The predicted octanol–water partition coefficient (Wildman–Crippen LogP) is 3.86. The average molecular weight is 211 g/mol. The Hall–Kier alpha value is -1.76. The van der Waals surface area contributed by atoms with Crippen molar-refractivity contribution in [3.05, 3.63) is 53.1 Å². The quantitative estimate of drug-likeness (QED) is 0.712. The van der Waals surface area contributed by atoms with Gasteiger partial charge < -0.3 is 5.73 Å². The number of hydrogen-bond acceptors (Lipinski definition) is 1. The smallest absolute Gasteiger partial charge is 0.0323 e. The summed E-state index contributed by atoms with van der Waals surface area (Å²) in [5.74, 6) is 0. The third kappa shape index (κ3) is 1.94. The lowest BCUT2D eigenvalue weighted by Gasteiger charge is -2.10. The van der Waals surface area contributed by atoms with Crippen molar-refractivity contribution in [3.63, 3.8) is 0 Å². The zero-order valence-electron chi connectivity index (χ0n) is 10.0. The summed E-state index contributed by atoms with van der Waals surface area (Å²) in [6, 6.07) is 12.6. The van der Waals surface area contributed by atoms with Crippen LogP contribution >= 0.6 is 0 Å². The van der Waals surface area contributed by atoms with Gasteiger partial charge in [0.05, 0.1) is 0 Å². The topological polar surface area (TPSA) is 26.0 Å². The van der Waals surface area contributed by atoms with Crippen LogP contribution in [0.1, 0.15) is 16.7 Å².